The van der Waals surface area contributed by atoms with Crippen molar-refractivity contribution in [1.82, 2.24) is 9.88 Å². The van der Waals surface area contributed by atoms with E-state index in [1.165, 1.54) is 23.1 Å². The number of anilines is 1. The molecule has 1 aliphatic rings. The van der Waals surface area contributed by atoms with Crippen molar-refractivity contribution >= 4 is 45.3 Å². The van der Waals surface area contributed by atoms with Crippen LogP contribution in [0.1, 0.15) is 12.0 Å². The van der Waals surface area contributed by atoms with Gasteiger partial charge in [-0.15, -0.1) is 11.3 Å². The van der Waals surface area contributed by atoms with E-state index >= 15 is 0 Å². The van der Waals surface area contributed by atoms with Gasteiger partial charge >= 0.3 is 5.97 Å². The van der Waals surface area contributed by atoms with E-state index in [1.54, 1.807) is 4.90 Å². The molecule has 142 valence electrons. The summed E-state index contributed by atoms with van der Waals surface area (Å²) in [7, 11) is 0. The zero-order valence-corrected chi connectivity index (χ0v) is 16.4. The highest BCUT2D eigenvalue weighted by molar-refractivity contribution is 8.13. The Bertz CT molecular complexity index is 835. The second-order valence-electron chi connectivity index (χ2n) is 5.96. The number of nitrogens with one attached hydrogen (secondary N) is 1. The van der Waals surface area contributed by atoms with Crippen molar-refractivity contribution in [3.05, 3.63) is 35.2 Å². The Kier molecular flexibility index (Phi) is 6.46. The van der Waals surface area contributed by atoms with E-state index in [4.69, 9.17) is 4.74 Å². The number of hydrogen-bond acceptors (Lipinski definition) is 7. The molecule has 2 heterocycles. The second-order valence-corrected chi connectivity index (χ2v) is 7.87. The van der Waals surface area contributed by atoms with Gasteiger partial charge in [0.2, 0.25) is 0 Å². The highest BCUT2D eigenvalue weighted by atomic mass is 32.2. The van der Waals surface area contributed by atoms with Gasteiger partial charge in [-0.2, -0.15) is 0 Å². The van der Waals surface area contributed by atoms with E-state index in [0.717, 1.165) is 22.6 Å². The molecule has 0 unspecified atom stereocenters. The van der Waals surface area contributed by atoms with E-state index in [0.29, 0.717) is 18.2 Å². The molecule has 0 spiro atoms. The summed E-state index contributed by atoms with van der Waals surface area (Å²) >= 11 is 2.55. The standard InChI is InChI=1S/C18H19N3O4S2/c1-12-2-4-13(5-3-12)14-11-27-17(19-14)20-15(22)10-25-16(23)6-7-21-8-9-26-18(21)24/h2-5,11H,6-10H2,1H3,(H,19,20,22). The first-order chi connectivity index (χ1) is 13.0. The van der Waals surface area contributed by atoms with Gasteiger partial charge in [0.05, 0.1) is 12.1 Å². The maximum Gasteiger partial charge on any atom is 0.308 e. The van der Waals surface area contributed by atoms with Gasteiger partial charge < -0.3 is 9.64 Å². The van der Waals surface area contributed by atoms with E-state index in [1.807, 2.05) is 36.6 Å². The predicted molar refractivity (Wildman–Crippen MR) is 106 cm³/mol. The lowest BCUT2D eigenvalue weighted by atomic mass is 10.1. The fourth-order valence-corrected chi connectivity index (χ4v) is 4.00. The van der Waals surface area contributed by atoms with E-state index in [9.17, 15) is 14.4 Å². The van der Waals surface area contributed by atoms with Crippen LogP contribution in [0.4, 0.5) is 9.93 Å². The van der Waals surface area contributed by atoms with Crippen molar-refractivity contribution < 1.29 is 19.1 Å². The van der Waals surface area contributed by atoms with Gasteiger partial charge in [-0.25, -0.2) is 4.98 Å². The minimum absolute atomic E-state index is 0.0197. The largest absolute Gasteiger partial charge is 0.456 e. The summed E-state index contributed by atoms with van der Waals surface area (Å²) in [4.78, 5) is 41.1. The van der Waals surface area contributed by atoms with Crippen LogP contribution in [0.15, 0.2) is 29.6 Å². The Morgan fingerprint density at radius 1 is 1.30 bits per heavy atom. The molecule has 0 aliphatic carbocycles. The highest BCUT2D eigenvalue weighted by Gasteiger charge is 2.21. The molecule has 7 nitrogen and oxygen atoms in total. The van der Waals surface area contributed by atoms with Crippen molar-refractivity contribution in [2.75, 3.05) is 30.8 Å². The van der Waals surface area contributed by atoms with Crippen LogP contribution >= 0.6 is 23.1 Å². The third kappa shape index (κ3) is 5.54. The molecule has 0 radical (unpaired) electrons. The van der Waals surface area contributed by atoms with Crippen molar-refractivity contribution in [3.8, 4) is 11.3 Å². The van der Waals surface area contributed by atoms with Gasteiger partial charge in [-0.1, -0.05) is 41.6 Å². The zero-order chi connectivity index (χ0) is 19.2. The number of thiazole rings is 1. The molecule has 0 saturated carbocycles. The molecular weight excluding hydrogens is 386 g/mol. The smallest absolute Gasteiger partial charge is 0.308 e. The topological polar surface area (TPSA) is 88.6 Å². The molecule has 3 rings (SSSR count). The Hall–Kier alpha value is -2.39. The fraction of sp³-hybridized carbons (Fsp3) is 0.333. The number of hydrogen-bond donors (Lipinski definition) is 1. The number of ether oxygens (including phenoxy) is 1. The Labute approximate surface area is 165 Å². The molecular formula is C18H19N3O4S2. The van der Waals surface area contributed by atoms with Gasteiger partial charge in [0.15, 0.2) is 11.7 Å². The van der Waals surface area contributed by atoms with Gasteiger partial charge in [-0.3, -0.25) is 19.7 Å². The number of benzene rings is 1. The van der Waals surface area contributed by atoms with Crippen LogP contribution in [0.25, 0.3) is 11.3 Å². The zero-order valence-electron chi connectivity index (χ0n) is 14.8. The van der Waals surface area contributed by atoms with Crippen LogP contribution in [0, 0.1) is 6.92 Å². The molecule has 1 fully saturated rings. The first-order valence-electron chi connectivity index (χ1n) is 8.41. The molecule has 1 aromatic heterocycles. The maximum atomic E-state index is 11.9. The number of aryl methyl sites for hydroxylation is 1. The summed E-state index contributed by atoms with van der Waals surface area (Å²) in [6.45, 7) is 2.60. The number of nitrogens with zero attached hydrogens (tertiary/aromatic N) is 2. The van der Waals surface area contributed by atoms with E-state index < -0.39 is 11.9 Å². The van der Waals surface area contributed by atoms with Gasteiger partial charge in [-0.05, 0) is 6.92 Å². The van der Waals surface area contributed by atoms with Crippen molar-refractivity contribution in [2.45, 2.75) is 13.3 Å². The normalized spacial score (nSPS) is 13.7. The summed E-state index contributed by atoms with van der Waals surface area (Å²) in [6, 6.07) is 7.95. The molecule has 1 aliphatic heterocycles. The molecule has 0 atom stereocenters. The maximum absolute atomic E-state index is 11.9. The highest BCUT2D eigenvalue weighted by Crippen LogP contribution is 2.25. The summed E-state index contributed by atoms with van der Waals surface area (Å²) in [6.07, 6.45) is 0.0778. The summed E-state index contributed by atoms with van der Waals surface area (Å²) in [5.74, 6) is -0.204. The number of carbonyl (C=O) groups excluding carboxylic acids is 3. The van der Waals surface area contributed by atoms with Crippen molar-refractivity contribution in [1.29, 1.82) is 0 Å². The molecule has 0 bridgehead atoms. The van der Waals surface area contributed by atoms with Gasteiger partial charge in [0, 0.05) is 29.8 Å². The molecule has 27 heavy (non-hydrogen) atoms. The minimum atomic E-state index is -0.505. The number of amides is 2. The van der Waals surface area contributed by atoms with Crippen LogP contribution in [-0.4, -0.2) is 52.4 Å². The van der Waals surface area contributed by atoms with E-state index in [2.05, 4.69) is 10.3 Å². The lowest BCUT2D eigenvalue weighted by Gasteiger charge is -2.13. The third-order valence-electron chi connectivity index (χ3n) is 3.89. The number of esters is 1. The Balaban J connectivity index is 1.42. The lowest BCUT2D eigenvalue weighted by Crippen LogP contribution is -2.27. The summed E-state index contributed by atoms with van der Waals surface area (Å²) in [5.41, 5.74) is 2.91. The molecule has 1 aromatic carbocycles. The van der Waals surface area contributed by atoms with E-state index in [-0.39, 0.29) is 18.3 Å². The monoisotopic (exact) mass is 405 g/mol. The molecule has 9 heteroatoms. The van der Waals surface area contributed by atoms with Crippen LogP contribution in [0.3, 0.4) is 0 Å². The van der Waals surface area contributed by atoms with Crippen molar-refractivity contribution in [2.24, 2.45) is 0 Å². The molecule has 1 saturated heterocycles. The van der Waals surface area contributed by atoms with Crippen LogP contribution in [0.2, 0.25) is 0 Å². The molecule has 1 N–H and O–H groups in total. The lowest BCUT2D eigenvalue weighted by molar-refractivity contribution is -0.147. The van der Waals surface area contributed by atoms with Crippen molar-refractivity contribution in [3.63, 3.8) is 0 Å². The summed E-state index contributed by atoms with van der Waals surface area (Å²) < 4.78 is 4.96. The van der Waals surface area contributed by atoms with Crippen LogP contribution in [0.5, 0.6) is 0 Å². The third-order valence-corrected chi connectivity index (χ3v) is 5.54. The first kappa shape index (κ1) is 19.4. The average molecular weight is 406 g/mol. The number of thioether (sulfide) groups is 1. The van der Waals surface area contributed by atoms with Crippen LogP contribution < -0.4 is 5.32 Å². The molecule has 2 amide bonds. The predicted octanol–water partition coefficient (Wildman–Crippen LogP) is 3.16. The Morgan fingerprint density at radius 3 is 2.78 bits per heavy atom. The van der Waals surface area contributed by atoms with Crippen LogP contribution in [-0.2, 0) is 14.3 Å². The quantitative estimate of drug-likeness (QED) is 0.712. The van der Waals surface area contributed by atoms with Gasteiger partial charge in [0.25, 0.3) is 11.1 Å². The van der Waals surface area contributed by atoms with Gasteiger partial charge in [0.1, 0.15) is 0 Å². The average Bonchev–Trinajstić information content (AvgIpc) is 3.28. The Morgan fingerprint density at radius 2 is 2.07 bits per heavy atom. The SMILES string of the molecule is Cc1ccc(-c2csc(NC(=O)COC(=O)CCN3CCSC3=O)n2)cc1. The fourth-order valence-electron chi connectivity index (χ4n) is 2.42. The molecule has 2 aromatic rings. The first-order valence-corrected chi connectivity index (χ1v) is 10.3. The minimum Gasteiger partial charge on any atom is -0.456 e. The number of rotatable bonds is 7. The summed E-state index contributed by atoms with van der Waals surface area (Å²) in [5, 5.41) is 4.92. The second kappa shape index (κ2) is 9.01. The number of carbonyl (C=O) groups is 3. The number of aromatic nitrogens is 1.